The van der Waals surface area contributed by atoms with E-state index in [9.17, 15) is 9.59 Å². The fraction of sp³-hybridized carbons (Fsp3) is 0. The lowest BCUT2D eigenvalue weighted by molar-refractivity contribution is -0.111. The number of benzene rings is 2. The minimum atomic E-state index is -0.599. The first-order chi connectivity index (χ1) is 11.5. The van der Waals surface area contributed by atoms with Crippen LogP contribution in [0.25, 0.3) is 17.0 Å². The van der Waals surface area contributed by atoms with Gasteiger partial charge in [0.25, 0.3) is 0 Å². The van der Waals surface area contributed by atoms with Crippen LogP contribution in [0.5, 0.6) is 0 Å². The highest BCUT2D eigenvalue weighted by molar-refractivity contribution is 9.10. The van der Waals surface area contributed by atoms with Gasteiger partial charge in [-0.3, -0.25) is 4.79 Å². The molecule has 2 aromatic carbocycles. The number of fused-ring (bicyclic) bond motifs is 1. The molecule has 0 bridgehead atoms. The minimum Gasteiger partial charge on any atom is -0.421 e. The number of carbonyl (C=O) groups is 1. The van der Waals surface area contributed by atoms with Crippen LogP contribution in [0.15, 0.2) is 68.3 Å². The van der Waals surface area contributed by atoms with Crippen molar-refractivity contribution in [3.63, 3.8) is 0 Å². The minimum absolute atomic E-state index is 0.0892. The van der Waals surface area contributed by atoms with Crippen molar-refractivity contribution in [3.8, 4) is 0 Å². The fourth-order valence-corrected chi connectivity index (χ4v) is 2.61. The number of amides is 1. The van der Waals surface area contributed by atoms with Crippen LogP contribution < -0.4 is 10.9 Å². The molecule has 0 saturated heterocycles. The Morgan fingerprint density at radius 2 is 1.88 bits per heavy atom. The Morgan fingerprint density at radius 1 is 1.12 bits per heavy atom. The molecular weight excluding hydrogens is 394 g/mol. The Morgan fingerprint density at radius 3 is 2.62 bits per heavy atom. The predicted molar refractivity (Wildman–Crippen MR) is 99.3 cm³/mol. The second-order valence-corrected chi connectivity index (χ2v) is 6.36. The topological polar surface area (TPSA) is 59.3 Å². The normalized spacial score (nSPS) is 11.1. The number of carbonyl (C=O) groups excluding carboxylic acids is 1. The summed E-state index contributed by atoms with van der Waals surface area (Å²) in [6, 6.07) is 13.9. The number of hydrogen-bond acceptors (Lipinski definition) is 3. The maximum absolute atomic E-state index is 12.0. The first kappa shape index (κ1) is 16.5. The standard InChI is InChI=1S/C18H11BrClNO3/c19-13-4-7-16-12(9-13)10-15(18(23)24-16)21-17(22)8-3-11-1-5-14(20)6-2-11/h1-10H,(H,21,22)/b8-3+. The summed E-state index contributed by atoms with van der Waals surface area (Å²) in [7, 11) is 0. The highest BCUT2D eigenvalue weighted by Crippen LogP contribution is 2.20. The van der Waals surface area contributed by atoms with Crippen LogP contribution in [0.4, 0.5) is 5.69 Å². The molecule has 1 heterocycles. The van der Waals surface area contributed by atoms with Crippen molar-refractivity contribution in [1.82, 2.24) is 0 Å². The molecule has 3 aromatic rings. The van der Waals surface area contributed by atoms with E-state index in [0.29, 0.717) is 16.0 Å². The van der Waals surface area contributed by atoms with E-state index in [1.807, 2.05) is 0 Å². The zero-order valence-corrected chi connectivity index (χ0v) is 14.6. The SMILES string of the molecule is O=C(/C=C/c1ccc(Cl)cc1)Nc1cc2cc(Br)ccc2oc1=O. The van der Waals surface area contributed by atoms with Crippen LogP contribution in [0, 0.1) is 0 Å². The Kier molecular flexibility index (Phi) is 4.83. The van der Waals surface area contributed by atoms with E-state index in [0.717, 1.165) is 10.0 Å². The van der Waals surface area contributed by atoms with Gasteiger partial charge in [-0.1, -0.05) is 39.7 Å². The molecule has 0 atom stereocenters. The van der Waals surface area contributed by atoms with Crippen molar-refractivity contribution in [2.24, 2.45) is 0 Å². The van der Waals surface area contributed by atoms with E-state index in [1.165, 1.54) is 6.08 Å². The summed E-state index contributed by atoms with van der Waals surface area (Å²) >= 11 is 9.16. The molecule has 1 amide bonds. The van der Waals surface area contributed by atoms with Gasteiger partial charge >= 0.3 is 5.63 Å². The maximum Gasteiger partial charge on any atom is 0.360 e. The van der Waals surface area contributed by atoms with E-state index in [1.54, 1.807) is 54.6 Å². The average molecular weight is 405 g/mol. The molecule has 0 spiro atoms. The lowest BCUT2D eigenvalue weighted by Crippen LogP contribution is -2.15. The molecule has 24 heavy (non-hydrogen) atoms. The monoisotopic (exact) mass is 403 g/mol. The van der Waals surface area contributed by atoms with E-state index in [4.69, 9.17) is 16.0 Å². The smallest absolute Gasteiger partial charge is 0.360 e. The molecular formula is C18H11BrClNO3. The molecule has 0 aliphatic rings. The molecule has 0 radical (unpaired) electrons. The number of anilines is 1. The van der Waals surface area contributed by atoms with Crippen molar-refractivity contribution >= 4 is 56.2 Å². The zero-order valence-electron chi connectivity index (χ0n) is 12.3. The number of rotatable bonds is 3. The summed E-state index contributed by atoms with van der Waals surface area (Å²) in [5.74, 6) is -0.424. The Balaban J connectivity index is 1.81. The van der Waals surface area contributed by atoms with Crippen LogP contribution in [-0.2, 0) is 4.79 Å². The Bertz CT molecular complexity index is 993. The molecule has 120 valence electrons. The summed E-state index contributed by atoms with van der Waals surface area (Å²) in [5, 5.41) is 3.86. The number of hydrogen-bond donors (Lipinski definition) is 1. The van der Waals surface area contributed by atoms with Gasteiger partial charge in [0.2, 0.25) is 5.91 Å². The van der Waals surface area contributed by atoms with Crippen molar-refractivity contribution in [1.29, 1.82) is 0 Å². The average Bonchev–Trinajstić information content (AvgIpc) is 2.55. The fourth-order valence-electron chi connectivity index (χ4n) is 2.10. The van der Waals surface area contributed by atoms with Gasteiger partial charge in [-0.25, -0.2) is 4.79 Å². The van der Waals surface area contributed by atoms with Gasteiger partial charge in [-0.15, -0.1) is 0 Å². The molecule has 0 fully saturated rings. The quantitative estimate of drug-likeness (QED) is 0.501. The molecule has 0 saturated carbocycles. The predicted octanol–water partition coefficient (Wildman–Crippen LogP) is 4.86. The highest BCUT2D eigenvalue weighted by atomic mass is 79.9. The molecule has 1 aromatic heterocycles. The highest BCUT2D eigenvalue weighted by Gasteiger charge is 2.07. The molecule has 6 heteroatoms. The van der Waals surface area contributed by atoms with Gasteiger partial charge in [0.1, 0.15) is 11.3 Å². The summed E-state index contributed by atoms with van der Waals surface area (Å²) in [4.78, 5) is 23.9. The maximum atomic E-state index is 12.0. The first-order valence-electron chi connectivity index (χ1n) is 6.99. The number of nitrogens with one attached hydrogen (secondary N) is 1. The molecule has 0 unspecified atom stereocenters. The molecule has 0 aliphatic heterocycles. The summed E-state index contributed by atoms with van der Waals surface area (Å²) in [5.41, 5.74) is 0.770. The van der Waals surface area contributed by atoms with E-state index < -0.39 is 11.5 Å². The summed E-state index contributed by atoms with van der Waals surface area (Å²) in [6.07, 6.45) is 2.97. The third-order valence-corrected chi connectivity index (χ3v) is 3.99. The second-order valence-electron chi connectivity index (χ2n) is 5.00. The van der Waals surface area contributed by atoms with Crippen LogP contribution in [-0.4, -0.2) is 5.91 Å². The van der Waals surface area contributed by atoms with Gasteiger partial charge in [0.05, 0.1) is 0 Å². The van der Waals surface area contributed by atoms with Crippen LogP contribution in [0.1, 0.15) is 5.56 Å². The van der Waals surface area contributed by atoms with Crippen molar-refractivity contribution < 1.29 is 9.21 Å². The van der Waals surface area contributed by atoms with Crippen LogP contribution in [0.3, 0.4) is 0 Å². The van der Waals surface area contributed by atoms with E-state index in [2.05, 4.69) is 21.2 Å². The zero-order chi connectivity index (χ0) is 17.1. The van der Waals surface area contributed by atoms with Gasteiger partial charge < -0.3 is 9.73 Å². The van der Waals surface area contributed by atoms with Crippen LogP contribution in [0.2, 0.25) is 5.02 Å². The van der Waals surface area contributed by atoms with E-state index >= 15 is 0 Å². The lowest BCUT2D eigenvalue weighted by atomic mass is 10.2. The molecule has 3 rings (SSSR count). The molecule has 0 aliphatic carbocycles. The third-order valence-electron chi connectivity index (χ3n) is 3.25. The first-order valence-corrected chi connectivity index (χ1v) is 8.16. The van der Waals surface area contributed by atoms with Crippen molar-refractivity contribution in [3.05, 3.63) is 80.1 Å². The molecule has 1 N–H and O–H groups in total. The van der Waals surface area contributed by atoms with Gasteiger partial charge in [-0.2, -0.15) is 0 Å². The van der Waals surface area contributed by atoms with Crippen molar-refractivity contribution in [2.75, 3.05) is 5.32 Å². The second kappa shape index (κ2) is 7.03. The summed E-state index contributed by atoms with van der Waals surface area (Å²) < 4.78 is 6.05. The lowest BCUT2D eigenvalue weighted by Gasteiger charge is -2.03. The molecule has 4 nitrogen and oxygen atoms in total. The number of halogens is 2. The van der Waals surface area contributed by atoms with Gasteiger partial charge in [-0.05, 0) is 48.0 Å². The van der Waals surface area contributed by atoms with Crippen molar-refractivity contribution in [2.45, 2.75) is 0 Å². The van der Waals surface area contributed by atoms with Gasteiger partial charge in [0.15, 0.2) is 0 Å². The van der Waals surface area contributed by atoms with Gasteiger partial charge in [0, 0.05) is 21.0 Å². The summed E-state index contributed by atoms with van der Waals surface area (Å²) in [6.45, 7) is 0. The largest absolute Gasteiger partial charge is 0.421 e. The Hall–Kier alpha value is -2.37. The van der Waals surface area contributed by atoms with E-state index in [-0.39, 0.29) is 5.69 Å². The third kappa shape index (κ3) is 3.93. The Labute approximate surface area is 150 Å². The van der Waals surface area contributed by atoms with Crippen LogP contribution >= 0.6 is 27.5 Å².